The molecule has 0 fully saturated rings. The third kappa shape index (κ3) is 2.34. The zero-order valence-corrected chi connectivity index (χ0v) is 11.5. The Morgan fingerprint density at radius 2 is 1.89 bits per heavy atom. The van der Waals surface area contributed by atoms with Crippen LogP contribution in [-0.2, 0) is 11.2 Å². The van der Waals surface area contributed by atoms with Crippen molar-refractivity contribution in [1.29, 1.82) is 0 Å². The summed E-state index contributed by atoms with van der Waals surface area (Å²) in [6, 6.07) is 13.1. The number of rotatable bonds is 2. The summed E-state index contributed by atoms with van der Waals surface area (Å²) in [5.41, 5.74) is 2.85. The van der Waals surface area contributed by atoms with Crippen molar-refractivity contribution in [2.75, 3.05) is 5.32 Å². The molecule has 1 atom stereocenters. The number of hydrogen-bond donors (Lipinski definition) is 1. The number of nitrogens with one attached hydrogen (secondary N) is 1. The Balaban J connectivity index is 1.93. The number of hydrogen-bond acceptors (Lipinski definition) is 1. The van der Waals surface area contributed by atoms with Crippen molar-refractivity contribution in [3.8, 4) is 0 Å². The van der Waals surface area contributed by atoms with Crippen molar-refractivity contribution in [3.05, 3.63) is 63.6 Å². The average Bonchev–Trinajstić information content (AvgIpc) is 2.69. The predicted octanol–water partition coefficient (Wildman–Crippen LogP) is 4.27. The summed E-state index contributed by atoms with van der Waals surface area (Å²) in [5, 5.41) is 4.09. The van der Waals surface area contributed by atoms with Crippen LogP contribution in [0.5, 0.6) is 0 Å². The highest BCUT2D eigenvalue weighted by Gasteiger charge is 2.30. The van der Waals surface area contributed by atoms with Crippen LogP contribution in [0.4, 0.5) is 5.69 Å². The zero-order chi connectivity index (χ0) is 13.4. The molecule has 2 aromatic carbocycles. The lowest BCUT2D eigenvalue weighted by Gasteiger charge is -2.10. The Morgan fingerprint density at radius 1 is 1.11 bits per heavy atom. The van der Waals surface area contributed by atoms with Crippen molar-refractivity contribution in [2.24, 2.45) is 0 Å². The maximum atomic E-state index is 12.0. The van der Waals surface area contributed by atoms with Crippen molar-refractivity contribution < 1.29 is 4.79 Å². The van der Waals surface area contributed by atoms with E-state index >= 15 is 0 Å². The normalized spacial score (nSPS) is 17.2. The van der Waals surface area contributed by atoms with E-state index in [1.54, 1.807) is 12.1 Å². The van der Waals surface area contributed by atoms with E-state index < -0.39 is 0 Å². The first-order chi connectivity index (χ1) is 9.15. The number of anilines is 1. The summed E-state index contributed by atoms with van der Waals surface area (Å²) in [5.74, 6) is -0.165. The number of amides is 1. The van der Waals surface area contributed by atoms with Gasteiger partial charge in [0.15, 0.2) is 0 Å². The first kappa shape index (κ1) is 12.5. The molecule has 0 aliphatic carbocycles. The molecule has 1 heterocycles. The van der Waals surface area contributed by atoms with Gasteiger partial charge in [-0.05, 0) is 35.7 Å². The molecule has 2 nitrogen and oxygen atoms in total. The summed E-state index contributed by atoms with van der Waals surface area (Å²) >= 11 is 12.0. The highest BCUT2D eigenvalue weighted by atomic mass is 35.5. The molecule has 0 saturated heterocycles. The molecule has 1 aliphatic rings. The van der Waals surface area contributed by atoms with Gasteiger partial charge in [-0.2, -0.15) is 0 Å². The van der Waals surface area contributed by atoms with Crippen LogP contribution in [0.15, 0.2) is 42.5 Å². The van der Waals surface area contributed by atoms with E-state index in [-0.39, 0.29) is 11.8 Å². The molecule has 19 heavy (non-hydrogen) atoms. The Hall–Kier alpha value is -1.51. The molecule has 0 radical (unpaired) electrons. The molecule has 0 aromatic heterocycles. The molecule has 1 amide bonds. The minimum absolute atomic E-state index is 0.0206. The second-order valence-electron chi connectivity index (χ2n) is 4.57. The van der Waals surface area contributed by atoms with Crippen LogP contribution in [0.25, 0.3) is 0 Å². The lowest BCUT2D eigenvalue weighted by Crippen LogP contribution is -2.14. The average molecular weight is 292 g/mol. The van der Waals surface area contributed by atoms with Crippen LogP contribution in [-0.4, -0.2) is 5.91 Å². The van der Waals surface area contributed by atoms with Crippen molar-refractivity contribution >= 4 is 34.8 Å². The van der Waals surface area contributed by atoms with E-state index in [0.717, 1.165) is 16.8 Å². The van der Waals surface area contributed by atoms with Crippen LogP contribution in [0.1, 0.15) is 17.0 Å². The molecule has 0 unspecified atom stereocenters. The van der Waals surface area contributed by atoms with Gasteiger partial charge in [0, 0.05) is 15.7 Å². The fourth-order valence-corrected chi connectivity index (χ4v) is 2.87. The summed E-state index contributed by atoms with van der Waals surface area (Å²) in [7, 11) is 0. The van der Waals surface area contributed by atoms with E-state index in [0.29, 0.717) is 16.5 Å². The zero-order valence-electron chi connectivity index (χ0n) is 9.99. The van der Waals surface area contributed by atoms with E-state index in [4.69, 9.17) is 23.2 Å². The molecule has 0 saturated carbocycles. The quantitative estimate of drug-likeness (QED) is 0.879. The monoisotopic (exact) mass is 291 g/mol. The summed E-state index contributed by atoms with van der Waals surface area (Å²) in [4.78, 5) is 12.0. The second kappa shape index (κ2) is 4.87. The molecule has 96 valence electrons. The van der Waals surface area contributed by atoms with Gasteiger partial charge in [0.05, 0.1) is 5.92 Å². The molecule has 1 N–H and O–H groups in total. The Kier molecular flexibility index (Phi) is 3.21. The smallest absolute Gasteiger partial charge is 0.232 e. The molecule has 3 rings (SSSR count). The second-order valence-corrected chi connectivity index (χ2v) is 5.41. The minimum atomic E-state index is -0.185. The third-order valence-electron chi connectivity index (χ3n) is 3.35. The maximum absolute atomic E-state index is 12.0. The number of para-hydroxylation sites is 1. The summed E-state index contributed by atoms with van der Waals surface area (Å²) in [6.07, 6.45) is 0.582. The number of carbonyl (C=O) groups is 1. The predicted molar refractivity (Wildman–Crippen MR) is 78.0 cm³/mol. The van der Waals surface area contributed by atoms with Crippen molar-refractivity contribution in [2.45, 2.75) is 12.3 Å². The van der Waals surface area contributed by atoms with Crippen LogP contribution in [0, 0.1) is 0 Å². The van der Waals surface area contributed by atoms with E-state index in [1.807, 2.05) is 30.3 Å². The van der Waals surface area contributed by atoms with Gasteiger partial charge in [0.25, 0.3) is 0 Å². The van der Waals surface area contributed by atoms with Gasteiger partial charge >= 0.3 is 0 Å². The van der Waals surface area contributed by atoms with Crippen LogP contribution < -0.4 is 5.32 Å². The fraction of sp³-hybridized carbons (Fsp3) is 0.133. The first-order valence-electron chi connectivity index (χ1n) is 5.99. The highest BCUT2D eigenvalue weighted by Crippen LogP contribution is 2.36. The van der Waals surface area contributed by atoms with Gasteiger partial charge in [-0.3, -0.25) is 4.79 Å². The molecule has 0 spiro atoms. The number of halogens is 2. The van der Waals surface area contributed by atoms with Crippen LogP contribution >= 0.6 is 23.2 Å². The number of fused-ring (bicyclic) bond motifs is 1. The standard InChI is InChI=1S/C15H11Cl2NO/c16-10-6-5-9(13(17)8-10)7-12-11-3-1-2-4-14(11)18-15(12)19/h1-6,8,12H,7H2,(H,18,19)/t12-/m1/s1. The highest BCUT2D eigenvalue weighted by molar-refractivity contribution is 6.35. The van der Waals surface area contributed by atoms with Gasteiger partial charge in [-0.1, -0.05) is 47.5 Å². The first-order valence-corrected chi connectivity index (χ1v) is 6.74. The summed E-state index contributed by atoms with van der Waals surface area (Å²) < 4.78 is 0. The van der Waals surface area contributed by atoms with Gasteiger partial charge in [0.2, 0.25) is 5.91 Å². The van der Waals surface area contributed by atoms with Gasteiger partial charge in [-0.15, -0.1) is 0 Å². The molecule has 0 bridgehead atoms. The van der Waals surface area contributed by atoms with E-state index in [2.05, 4.69) is 5.32 Å². The lowest BCUT2D eigenvalue weighted by atomic mass is 9.93. The van der Waals surface area contributed by atoms with Gasteiger partial charge in [-0.25, -0.2) is 0 Å². The van der Waals surface area contributed by atoms with Crippen molar-refractivity contribution in [1.82, 2.24) is 0 Å². The molecule has 2 aromatic rings. The SMILES string of the molecule is O=C1Nc2ccccc2[C@H]1Cc1ccc(Cl)cc1Cl. The maximum Gasteiger partial charge on any atom is 0.232 e. The van der Waals surface area contributed by atoms with Crippen LogP contribution in [0.2, 0.25) is 10.0 Å². The van der Waals surface area contributed by atoms with E-state index in [1.165, 1.54) is 0 Å². The Bertz CT molecular complexity index is 654. The Morgan fingerprint density at radius 3 is 2.68 bits per heavy atom. The molecular formula is C15H11Cl2NO. The number of benzene rings is 2. The van der Waals surface area contributed by atoms with Crippen molar-refractivity contribution in [3.63, 3.8) is 0 Å². The lowest BCUT2D eigenvalue weighted by molar-refractivity contribution is -0.117. The Labute approximate surface area is 121 Å². The fourth-order valence-electron chi connectivity index (χ4n) is 2.39. The molecule has 4 heteroatoms. The topological polar surface area (TPSA) is 29.1 Å². The number of carbonyl (C=O) groups excluding carboxylic acids is 1. The van der Waals surface area contributed by atoms with Gasteiger partial charge in [0.1, 0.15) is 0 Å². The van der Waals surface area contributed by atoms with Crippen LogP contribution in [0.3, 0.4) is 0 Å². The molecule has 1 aliphatic heterocycles. The largest absolute Gasteiger partial charge is 0.325 e. The molecular weight excluding hydrogens is 281 g/mol. The summed E-state index contributed by atoms with van der Waals surface area (Å²) in [6.45, 7) is 0. The van der Waals surface area contributed by atoms with E-state index in [9.17, 15) is 4.79 Å². The minimum Gasteiger partial charge on any atom is -0.325 e. The third-order valence-corrected chi connectivity index (χ3v) is 3.94. The van der Waals surface area contributed by atoms with Gasteiger partial charge < -0.3 is 5.32 Å².